The quantitative estimate of drug-likeness (QED) is 0.851. The van der Waals surface area contributed by atoms with Gasteiger partial charge in [-0.3, -0.25) is 4.79 Å². The Morgan fingerprint density at radius 1 is 1.24 bits per heavy atom. The van der Waals surface area contributed by atoms with Crippen LogP contribution in [0.5, 0.6) is 5.88 Å². The fraction of sp³-hybridized carbons (Fsp3) is 0.250. The molecule has 2 N–H and O–H groups in total. The molecule has 0 saturated carbocycles. The molecule has 0 radical (unpaired) electrons. The summed E-state index contributed by atoms with van der Waals surface area (Å²) in [6.45, 7) is 2.73. The molecule has 5 heteroatoms. The number of pyridine rings is 1. The van der Waals surface area contributed by atoms with Gasteiger partial charge in [-0.15, -0.1) is 0 Å². The lowest BCUT2D eigenvalue weighted by atomic mass is 10.1. The Kier molecular flexibility index (Phi) is 5.29. The number of rotatable bonds is 6. The van der Waals surface area contributed by atoms with Crippen molar-refractivity contribution < 1.29 is 14.6 Å². The van der Waals surface area contributed by atoms with Crippen molar-refractivity contribution in [1.82, 2.24) is 10.3 Å². The first-order chi connectivity index (χ1) is 10.2. The fourth-order valence-corrected chi connectivity index (χ4v) is 1.91. The van der Waals surface area contributed by atoms with Crippen molar-refractivity contribution in [2.75, 3.05) is 6.61 Å². The van der Waals surface area contributed by atoms with Gasteiger partial charge in [-0.2, -0.15) is 0 Å². The van der Waals surface area contributed by atoms with E-state index < -0.39 is 0 Å². The molecule has 0 aliphatic rings. The zero-order valence-corrected chi connectivity index (χ0v) is 11.9. The lowest BCUT2D eigenvalue weighted by Gasteiger charge is -2.09. The number of carbonyl (C=O) groups is 1. The van der Waals surface area contributed by atoms with E-state index in [1.165, 1.54) is 6.20 Å². The van der Waals surface area contributed by atoms with Gasteiger partial charge in [0, 0.05) is 18.8 Å². The highest BCUT2D eigenvalue weighted by atomic mass is 16.5. The van der Waals surface area contributed by atoms with Crippen LogP contribution in [-0.4, -0.2) is 22.6 Å². The van der Waals surface area contributed by atoms with E-state index in [0.717, 1.165) is 11.1 Å². The van der Waals surface area contributed by atoms with Crippen molar-refractivity contribution in [3.8, 4) is 5.88 Å². The van der Waals surface area contributed by atoms with Crippen molar-refractivity contribution in [3.63, 3.8) is 0 Å². The highest BCUT2D eigenvalue weighted by Gasteiger charge is 2.07. The summed E-state index contributed by atoms with van der Waals surface area (Å²) in [6, 6.07) is 10.8. The van der Waals surface area contributed by atoms with Gasteiger partial charge in [0.05, 0.1) is 18.8 Å². The Balaban J connectivity index is 1.98. The Morgan fingerprint density at radius 2 is 2.00 bits per heavy atom. The van der Waals surface area contributed by atoms with Gasteiger partial charge in [-0.05, 0) is 24.1 Å². The highest BCUT2D eigenvalue weighted by Crippen LogP contribution is 2.10. The van der Waals surface area contributed by atoms with Gasteiger partial charge in [0.1, 0.15) is 0 Å². The molecule has 5 nitrogen and oxygen atoms in total. The number of aliphatic hydroxyl groups is 1. The first-order valence-corrected chi connectivity index (χ1v) is 6.79. The summed E-state index contributed by atoms with van der Waals surface area (Å²) in [7, 11) is 0. The van der Waals surface area contributed by atoms with Crippen LogP contribution in [0.4, 0.5) is 0 Å². The van der Waals surface area contributed by atoms with E-state index in [4.69, 9.17) is 4.74 Å². The summed E-state index contributed by atoms with van der Waals surface area (Å²) in [4.78, 5) is 16.1. The molecule has 0 aliphatic carbocycles. The summed E-state index contributed by atoms with van der Waals surface area (Å²) in [5.74, 6) is 0.290. The summed E-state index contributed by atoms with van der Waals surface area (Å²) in [5.41, 5.74) is 2.18. The van der Waals surface area contributed by atoms with E-state index in [1.54, 1.807) is 12.1 Å². The molecule has 0 atom stereocenters. The topological polar surface area (TPSA) is 71.5 Å². The molecule has 1 amide bonds. The van der Waals surface area contributed by atoms with Crippen LogP contribution in [-0.2, 0) is 13.2 Å². The SMILES string of the molecule is CCOc1ccc(C(=O)NCc2ccccc2CO)cn1. The molecule has 21 heavy (non-hydrogen) atoms. The fourth-order valence-electron chi connectivity index (χ4n) is 1.91. The second kappa shape index (κ2) is 7.40. The third kappa shape index (κ3) is 4.03. The Labute approximate surface area is 123 Å². The summed E-state index contributed by atoms with van der Waals surface area (Å²) >= 11 is 0. The largest absolute Gasteiger partial charge is 0.478 e. The Bertz CT molecular complexity index is 597. The maximum atomic E-state index is 12.0. The predicted molar refractivity (Wildman–Crippen MR) is 78.9 cm³/mol. The number of benzene rings is 1. The van der Waals surface area contributed by atoms with Crippen molar-refractivity contribution in [1.29, 1.82) is 0 Å². The van der Waals surface area contributed by atoms with Crippen LogP contribution in [0.1, 0.15) is 28.4 Å². The Hall–Kier alpha value is -2.40. The van der Waals surface area contributed by atoms with Crippen LogP contribution in [0, 0.1) is 0 Å². The number of hydrogen-bond donors (Lipinski definition) is 2. The lowest BCUT2D eigenvalue weighted by Crippen LogP contribution is -2.23. The van der Waals surface area contributed by atoms with Crippen LogP contribution >= 0.6 is 0 Å². The lowest BCUT2D eigenvalue weighted by molar-refractivity contribution is 0.0950. The minimum Gasteiger partial charge on any atom is -0.478 e. The van der Waals surface area contributed by atoms with Crippen LogP contribution < -0.4 is 10.1 Å². The number of ether oxygens (including phenoxy) is 1. The minimum atomic E-state index is -0.210. The molecule has 0 unspecified atom stereocenters. The molecule has 1 heterocycles. The number of amides is 1. The first kappa shape index (κ1) is 15.0. The molecule has 2 aromatic rings. The Morgan fingerprint density at radius 3 is 2.62 bits per heavy atom. The number of nitrogens with one attached hydrogen (secondary N) is 1. The number of aliphatic hydroxyl groups excluding tert-OH is 1. The average Bonchev–Trinajstić information content (AvgIpc) is 2.54. The predicted octanol–water partition coefficient (Wildman–Crippen LogP) is 1.90. The maximum absolute atomic E-state index is 12.0. The molecular formula is C16H18N2O3. The molecule has 0 fully saturated rings. The third-order valence-electron chi connectivity index (χ3n) is 3.02. The van der Waals surface area contributed by atoms with Crippen molar-refractivity contribution in [2.45, 2.75) is 20.1 Å². The average molecular weight is 286 g/mol. The van der Waals surface area contributed by atoms with E-state index in [-0.39, 0.29) is 12.5 Å². The molecule has 1 aromatic carbocycles. The first-order valence-electron chi connectivity index (χ1n) is 6.79. The summed E-state index contributed by atoms with van der Waals surface area (Å²) in [6.07, 6.45) is 1.48. The van der Waals surface area contributed by atoms with Crippen molar-refractivity contribution in [3.05, 3.63) is 59.3 Å². The van der Waals surface area contributed by atoms with E-state index in [0.29, 0.717) is 24.6 Å². The zero-order chi connectivity index (χ0) is 15.1. The van der Waals surface area contributed by atoms with Crippen LogP contribution in [0.25, 0.3) is 0 Å². The van der Waals surface area contributed by atoms with Crippen molar-refractivity contribution >= 4 is 5.91 Å². The standard InChI is InChI=1S/C16H18N2O3/c1-2-21-15-8-7-13(10-17-15)16(20)18-9-12-5-3-4-6-14(12)11-19/h3-8,10,19H,2,9,11H2,1H3,(H,18,20). The molecule has 0 bridgehead atoms. The molecule has 110 valence electrons. The minimum absolute atomic E-state index is 0.0450. The number of aromatic nitrogens is 1. The third-order valence-corrected chi connectivity index (χ3v) is 3.02. The maximum Gasteiger partial charge on any atom is 0.253 e. The van der Waals surface area contributed by atoms with Crippen molar-refractivity contribution in [2.24, 2.45) is 0 Å². The van der Waals surface area contributed by atoms with Gasteiger partial charge in [0.15, 0.2) is 0 Å². The number of carbonyl (C=O) groups excluding carboxylic acids is 1. The molecular weight excluding hydrogens is 268 g/mol. The normalized spacial score (nSPS) is 10.2. The van der Waals surface area contributed by atoms with Gasteiger partial charge in [0.2, 0.25) is 5.88 Å². The monoisotopic (exact) mass is 286 g/mol. The molecule has 0 aliphatic heterocycles. The molecule has 0 spiro atoms. The van der Waals surface area contributed by atoms with E-state index in [9.17, 15) is 9.90 Å². The van der Waals surface area contributed by atoms with Crippen LogP contribution in [0.15, 0.2) is 42.6 Å². The molecule has 1 aromatic heterocycles. The van der Waals surface area contributed by atoms with E-state index in [1.807, 2.05) is 31.2 Å². The highest BCUT2D eigenvalue weighted by molar-refractivity contribution is 5.93. The van der Waals surface area contributed by atoms with Gasteiger partial charge < -0.3 is 15.2 Å². The van der Waals surface area contributed by atoms with Crippen LogP contribution in [0.2, 0.25) is 0 Å². The van der Waals surface area contributed by atoms with Gasteiger partial charge >= 0.3 is 0 Å². The summed E-state index contributed by atoms with van der Waals surface area (Å²) in [5, 5.41) is 12.1. The number of nitrogens with zero attached hydrogens (tertiary/aromatic N) is 1. The van der Waals surface area contributed by atoms with Gasteiger partial charge in [-0.25, -0.2) is 4.98 Å². The number of hydrogen-bond acceptors (Lipinski definition) is 4. The smallest absolute Gasteiger partial charge is 0.253 e. The second-order valence-electron chi connectivity index (χ2n) is 4.43. The zero-order valence-electron chi connectivity index (χ0n) is 11.9. The van der Waals surface area contributed by atoms with Gasteiger partial charge in [-0.1, -0.05) is 24.3 Å². The van der Waals surface area contributed by atoms with E-state index >= 15 is 0 Å². The summed E-state index contributed by atoms with van der Waals surface area (Å²) < 4.78 is 5.23. The van der Waals surface area contributed by atoms with Crippen LogP contribution in [0.3, 0.4) is 0 Å². The molecule has 2 rings (SSSR count). The van der Waals surface area contributed by atoms with Gasteiger partial charge in [0.25, 0.3) is 5.91 Å². The molecule has 0 saturated heterocycles. The van der Waals surface area contributed by atoms with E-state index in [2.05, 4.69) is 10.3 Å². The second-order valence-corrected chi connectivity index (χ2v) is 4.43.